The fourth-order valence-electron chi connectivity index (χ4n) is 3.00. The Labute approximate surface area is 106 Å². The first-order chi connectivity index (χ1) is 8.05. The maximum Gasteiger partial charge on any atom is 0.391 e. The van der Waals surface area contributed by atoms with Crippen LogP contribution in [0.25, 0.3) is 0 Å². The molecule has 0 aliphatic heterocycles. The van der Waals surface area contributed by atoms with Crippen molar-refractivity contribution in [2.45, 2.75) is 74.5 Å². The Hall–Kier alpha value is 0.140. The molecule has 2 fully saturated rings. The normalized spacial score (nSPS) is 32.6. The summed E-state index contributed by atoms with van der Waals surface area (Å²) < 4.78 is 37.6. The number of halogens is 3. The van der Waals surface area contributed by atoms with Gasteiger partial charge < -0.3 is 0 Å². The van der Waals surface area contributed by atoms with Crippen molar-refractivity contribution in [1.82, 2.24) is 0 Å². The highest BCUT2D eigenvalue weighted by atomic mass is 32.2. The Morgan fingerprint density at radius 1 is 0.706 bits per heavy atom. The topological polar surface area (TPSA) is 0 Å². The van der Waals surface area contributed by atoms with Crippen LogP contribution in [0.3, 0.4) is 0 Å². The van der Waals surface area contributed by atoms with Crippen molar-refractivity contribution in [1.29, 1.82) is 0 Å². The summed E-state index contributed by atoms with van der Waals surface area (Å²) in [5.74, 6) is -1.02. The Morgan fingerprint density at radius 3 is 1.76 bits per heavy atom. The zero-order valence-corrected chi connectivity index (χ0v) is 11.0. The molecule has 0 radical (unpaired) electrons. The monoisotopic (exact) mass is 266 g/mol. The van der Waals surface area contributed by atoms with Crippen LogP contribution in [0, 0.1) is 5.92 Å². The number of alkyl halides is 3. The summed E-state index contributed by atoms with van der Waals surface area (Å²) in [6.07, 6.45) is 4.83. The molecule has 0 saturated heterocycles. The van der Waals surface area contributed by atoms with Crippen molar-refractivity contribution in [3.8, 4) is 0 Å². The average Bonchev–Trinajstić information content (AvgIpc) is 2.30. The van der Waals surface area contributed by atoms with Gasteiger partial charge in [0.2, 0.25) is 0 Å². The lowest BCUT2D eigenvalue weighted by molar-refractivity contribution is -0.181. The van der Waals surface area contributed by atoms with Crippen LogP contribution >= 0.6 is 11.8 Å². The minimum atomic E-state index is -3.96. The van der Waals surface area contributed by atoms with Gasteiger partial charge in [-0.3, -0.25) is 0 Å². The first-order valence-corrected chi connectivity index (χ1v) is 7.72. The summed E-state index contributed by atoms with van der Waals surface area (Å²) in [6, 6.07) is 0. The van der Waals surface area contributed by atoms with Gasteiger partial charge >= 0.3 is 6.18 Å². The van der Waals surface area contributed by atoms with Crippen molar-refractivity contribution in [3.05, 3.63) is 0 Å². The standard InChI is InChI=1S/C13H21F3S/c14-13(15,16)10-6-8-12(9-7-10)17-11-4-2-1-3-5-11/h10-12H,1-9H2. The molecule has 0 bridgehead atoms. The lowest BCUT2D eigenvalue weighted by Crippen LogP contribution is -2.29. The molecule has 17 heavy (non-hydrogen) atoms. The predicted molar refractivity (Wildman–Crippen MR) is 66.3 cm³/mol. The van der Waals surface area contributed by atoms with Gasteiger partial charge in [-0.2, -0.15) is 24.9 Å². The minimum absolute atomic E-state index is 0.355. The fourth-order valence-corrected chi connectivity index (χ4v) is 4.69. The summed E-state index contributed by atoms with van der Waals surface area (Å²) >= 11 is 1.99. The second-order valence-electron chi connectivity index (χ2n) is 5.41. The Bertz CT molecular complexity index is 225. The van der Waals surface area contributed by atoms with Crippen molar-refractivity contribution >= 4 is 11.8 Å². The Kier molecular flexibility index (Phi) is 4.67. The zero-order chi connectivity index (χ0) is 12.3. The second kappa shape index (κ2) is 5.85. The highest BCUT2D eigenvalue weighted by Gasteiger charge is 2.41. The van der Waals surface area contributed by atoms with Crippen LogP contribution in [0.1, 0.15) is 57.8 Å². The second-order valence-corrected chi connectivity index (χ2v) is 7.02. The van der Waals surface area contributed by atoms with Crippen LogP contribution in [0.5, 0.6) is 0 Å². The van der Waals surface area contributed by atoms with Crippen LogP contribution in [0.2, 0.25) is 0 Å². The van der Waals surface area contributed by atoms with Crippen molar-refractivity contribution < 1.29 is 13.2 Å². The van der Waals surface area contributed by atoms with Gasteiger partial charge in [0.1, 0.15) is 0 Å². The molecule has 0 heterocycles. The molecule has 2 aliphatic rings. The first kappa shape index (κ1) is 13.6. The SMILES string of the molecule is FC(F)(F)C1CCC(SC2CCCCC2)CC1. The van der Waals surface area contributed by atoms with E-state index in [9.17, 15) is 13.2 Å². The van der Waals surface area contributed by atoms with Gasteiger partial charge in [0, 0.05) is 10.5 Å². The fraction of sp³-hybridized carbons (Fsp3) is 1.00. The van der Waals surface area contributed by atoms with E-state index < -0.39 is 12.1 Å². The van der Waals surface area contributed by atoms with Crippen molar-refractivity contribution in [2.24, 2.45) is 5.92 Å². The van der Waals surface area contributed by atoms with E-state index >= 15 is 0 Å². The molecule has 2 rings (SSSR count). The van der Waals surface area contributed by atoms with Gasteiger partial charge in [0.15, 0.2) is 0 Å². The molecule has 0 aromatic carbocycles. The maximum atomic E-state index is 12.5. The molecule has 0 aromatic heterocycles. The van der Waals surface area contributed by atoms with Gasteiger partial charge in [0.25, 0.3) is 0 Å². The predicted octanol–water partition coefficient (Wildman–Crippen LogP) is 5.17. The highest BCUT2D eigenvalue weighted by Crippen LogP contribution is 2.43. The summed E-state index contributed by atoms with van der Waals surface area (Å²) in [5.41, 5.74) is 0. The van der Waals surface area contributed by atoms with Gasteiger partial charge in [0.05, 0.1) is 5.92 Å². The third kappa shape index (κ3) is 4.08. The van der Waals surface area contributed by atoms with E-state index in [-0.39, 0.29) is 0 Å². The smallest absolute Gasteiger partial charge is 0.171 e. The van der Waals surface area contributed by atoms with Crippen molar-refractivity contribution in [2.75, 3.05) is 0 Å². The van der Waals surface area contributed by atoms with E-state index in [4.69, 9.17) is 0 Å². The third-order valence-corrected chi connectivity index (χ3v) is 5.79. The van der Waals surface area contributed by atoms with Crippen LogP contribution in [-0.2, 0) is 0 Å². The highest BCUT2D eigenvalue weighted by molar-refractivity contribution is 8.00. The minimum Gasteiger partial charge on any atom is -0.171 e. The van der Waals surface area contributed by atoms with Gasteiger partial charge in [-0.25, -0.2) is 0 Å². The number of thioether (sulfide) groups is 1. The van der Waals surface area contributed by atoms with E-state index in [1.54, 1.807) is 0 Å². The van der Waals surface area contributed by atoms with Gasteiger partial charge in [-0.15, -0.1) is 0 Å². The summed E-state index contributed by atoms with van der Waals surface area (Å²) in [7, 11) is 0. The van der Waals surface area contributed by atoms with Crippen LogP contribution in [0.4, 0.5) is 13.2 Å². The lowest BCUT2D eigenvalue weighted by Gasteiger charge is -2.32. The van der Waals surface area contributed by atoms with E-state index in [1.807, 2.05) is 11.8 Å². The van der Waals surface area contributed by atoms with Crippen LogP contribution in [0.15, 0.2) is 0 Å². The van der Waals surface area contributed by atoms with Gasteiger partial charge in [-0.05, 0) is 38.5 Å². The summed E-state index contributed by atoms with van der Waals surface area (Å²) in [6.45, 7) is 0. The number of hydrogen-bond donors (Lipinski definition) is 0. The average molecular weight is 266 g/mol. The molecule has 2 aliphatic carbocycles. The molecule has 0 unspecified atom stereocenters. The molecule has 4 heteroatoms. The van der Waals surface area contributed by atoms with E-state index in [0.717, 1.165) is 18.1 Å². The van der Waals surface area contributed by atoms with Gasteiger partial charge in [-0.1, -0.05) is 19.3 Å². The van der Waals surface area contributed by atoms with Crippen LogP contribution in [-0.4, -0.2) is 16.7 Å². The molecule has 0 N–H and O–H groups in total. The third-order valence-electron chi connectivity index (χ3n) is 4.07. The molecule has 2 saturated carbocycles. The Balaban J connectivity index is 1.71. The molecule has 100 valence electrons. The molecule has 0 atom stereocenters. The maximum absolute atomic E-state index is 12.5. The Morgan fingerprint density at radius 2 is 1.24 bits per heavy atom. The first-order valence-electron chi connectivity index (χ1n) is 6.78. The molecular weight excluding hydrogens is 245 g/mol. The molecule has 0 nitrogen and oxygen atoms in total. The molecule has 0 amide bonds. The van der Waals surface area contributed by atoms with Crippen LogP contribution < -0.4 is 0 Å². The van der Waals surface area contributed by atoms with Crippen molar-refractivity contribution in [3.63, 3.8) is 0 Å². The molecular formula is C13H21F3S. The van der Waals surface area contributed by atoms with E-state index in [1.165, 1.54) is 32.1 Å². The molecule has 0 aromatic rings. The zero-order valence-electron chi connectivity index (χ0n) is 10.1. The summed E-state index contributed by atoms with van der Waals surface area (Å²) in [4.78, 5) is 0. The quantitative estimate of drug-likeness (QED) is 0.664. The number of hydrogen-bond acceptors (Lipinski definition) is 1. The molecule has 0 spiro atoms. The lowest BCUT2D eigenvalue weighted by atomic mass is 9.88. The number of rotatable bonds is 2. The van der Waals surface area contributed by atoms with E-state index in [0.29, 0.717) is 18.1 Å². The van der Waals surface area contributed by atoms with E-state index in [2.05, 4.69) is 0 Å². The largest absolute Gasteiger partial charge is 0.391 e. The summed E-state index contributed by atoms with van der Waals surface area (Å²) in [5, 5.41) is 1.23.